The van der Waals surface area contributed by atoms with Crippen LogP contribution in [0.15, 0.2) is 40.9 Å². The van der Waals surface area contributed by atoms with E-state index in [1.54, 1.807) is 18.2 Å². The zero-order chi connectivity index (χ0) is 14.7. The number of hydrogen-bond donors (Lipinski definition) is 1. The molecule has 2 nitrogen and oxygen atoms in total. The number of halogens is 3. The second-order valence-electron chi connectivity index (χ2n) is 4.20. The van der Waals surface area contributed by atoms with Gasteiger partial charge in [-0.3, -0.25) is 0 Å². The van der Waals surface area contributed by atoms with Gasteiger partial charge in [-0.1, -0.05) is 12.1 Å². The van der Waals surface area contributed by atoms with Crippen molar-refractivity contribution < 1.29 is 18.6 Å². The monoisotopic (exact) mass is 342 g/mol. The Morgan fingerprint density at radius 1 is 1.10 bits per heavy atom. The van der Waals surface area contributed by atoms with E-state index in [0.29, 0.717) is 28.0 Å². The Morgan fingerprint density at radius 3 is 2.35 bits per heavy atom. The Balaban J connectivity index is 2.30. The van der Waals surface area contributed by atoms with Crippen molar-refractivity contribution in [3.63, 3.8) is 0 Å². The van der Waals surface area contributed by atoms with Crippen molar-refractivity contribution in [2.45, 2.75) is 13.0 Å². The zero-order valence-electron chi connectivity index (χ0n) is 10.7. The molecule has 2 rings (SSSR count). The van der Waals surface area contributed by atoms with Crippen LogP contribution in [-0.4, -0.2) is 11.7 Å². The number of benzene rings is 2. The highest BCUT2D eigenvalue weighted by molar-refractivity contribution is 9.10. The van der Waals surface area contributed by atoms with Crippen LogP contribution in [0.3, 0.4) is 0 Å². The maximum atomic E-state index is 13.2. The van der Waals surface area contributed by atoms with E-state index in [2.05, 4.69) is 15.9 Å². The van der Waals surface area contributed by atoms with Crippen molar-refractivity contribution in [3.05, 3.63) is 63.6 Å². The Kier molecular flexibility index (Phi) is 4.73. The standard InChI is InChI=1S/C15H13BrF2O2/c1-2-20-14-6-4-9(7-11(14)16)15(19)10-3-5-12(17)13(18)8-10/h3-8,15,19H,2H2,1H3. The van der Waals surface area contributed by atoms with Gasteiger partial charge in [0.05, 0.1) is 11.1 Å². The van der Waals surface area contributed by atoms with Gasteiger partial charge in [0, 0.05) is 0 Å². The van der Waals surface area contributed by atoms with Crippen molar-refractivity contribution in [1.29, 1.82) is 0 Å². The molecule has 1 atom stereocenters. The predicted molar refractivity (Wildman–Crippen MR) is 75.7 cm³/mol. The van der Waals surface area contributed by atoms with Crippen molar-refractivity contribution in [1.82, 2.24) is 0 Å². The van der Waals surface area contributed by atoms with Crippen LogP contribution < -0.4 is 4.74 Å². The van der Waals surface area contributed by atoms with Gasteiger partial charge in [0.1, 0.15) is 11.9 Å². The highest BCUT2D eigenvalue weighted by Crippen LogP contribution is 2.31. The number of rotatable bonds is 4. The van der Waals surface area contributed by atoms with Crippen LogP contribution >= 0.6 is 15.9 Å². The predicted octanol–water partition coefficient (Wildman–Crippen LogP) is 4.21. The van der Waals surface area contributed by atoms with E-state index >= 15 is 0 Å². The van der Waals surface area contributed by atoms with Crippen LogP contribution in [0.5, 0.6) is 5.75 Å². The van der Waals surface area contributed by atoms with Crippen LogP contribution in [0.4, 0.5) is 8.78 Å². The first-order valence-electron chi connectivity index (χ1n) is 6.08. The van der Waals surface area contributed by atoms with E-state index in [1.165, 1.54) is 6.07 Å². The normalized spacial score (nSPS) is 12.2. The highest BCUT2D eigenvalue weighted by atomic mass is 79.9. The minimum absolute atomic E-state index is 0.292. The first-order valence-corrected chi connectivity index (χ1v) is 6.87. The smallest absolute Gasteiger partial charge is 0.159 e. The van der Waals surface area contributed by atoms with Crippen LogP contribution in [0.25, 0.3) is 0 Å². The van der Waals surface area contributed by atoms with E-state index in [9.17, 15) is 13.9 Å². The molecule has 1 N–H and O–H groups in total. The molecule has 106 valence electrons. The van der Waals surface area contributed by atoms with Crippen LogP contribution in [0.2, 0.25) is 0 Å². The highest BCUT2D eigenvalue weighted by Gasteiger charge is 2.14. The fraction of sp³-hybridized carbons (Fsp3) is 0.200. The van der Waals surface area contributed by atoms with E-state index in [0.717, 1.165) is 12.1 Å². The third-order valence-corrected chi connectivity index (χ3v) is 3.45. The minimum atomic E-state index is -1.03. The lowest BCUT2D eigenvalue weighted by Gasteiger charge is -2.14. The Morgan fingerprint density at radius 2 is 1.75 bits per heavy atom. The molecule has 2 aromatic carbocycles. The average molecular weight is 343 g/mol. The largest absolute Gasteiger partial charge is 0.493 e. The molecular weight excluding hydrogens is 330 g/mol. The van der Waals surface area contributed by atoms with Crippen LogP contribution in [-0.2, 0) is 0 Å². The molecule has 0 fully saturated rings. The lowest BCUT2D eigenvalue weighted by Crippen LogP contribution is -2.02. The van der Waals surface area contributed by atoms with Crippen molar-refractivity contribution in [2.24, 2.45) is 0 Å². The Bertz CT molecular complexity index is 617. The molecule has 0 bridgehead atoms. The van der Waals surface area contributed by atoms with Gasteiger partial charge in [-0.15, -0.1) is 0 Å². The molecular formula is C15H13BrF2O2. The Labute approximate surface area is 124 Å². The van der Waals surface area contributed by atoms with Gasteiger partial charge in [-0.25, -0.2) is 8.78 Å². The molecule has 0 amide bonds. The van der Waals surface area contributed by atoms with Gasteiger partial charge in [0.15, 0.2) is 11.6 Å². The Hall–Kier alpha value is -1.46. The molecule has 20 heavy (non-hydrogen) atoms. The van der Waals surface area contributed by atoms with Gasteiger partial charge < -0.3 is 9.84 Å². The first kappa shape index (κ1) is 14.9. The fourth-order valence-electron chi connectivity index (χ4n) is 1.83. The topological polar surface area (TPSA) is 29.5 Å². The van der Waals surface area contributed by atoms with E-state index in [4.69, 9.17) is 4.74 Å². The lowest BCUT2D eigenvalue weighted by molar-refractivity contribution is 0.219. The quantitative estimate of drug-likeness (QED) is 0.901. The minimum Gasteiger partial charge on any atom is -0.493 e. The van der Waals surface area contributed by atoms with Gasteiger partial charge >= 0.3 is 0 Å². The summed E-state index contributed by atoms with van der Waals surface area (Å²) in [6.07, 6.45) is -1.03. The molecule has 2 aromatic rings. The van der Waals surface area contributed by atoms with Crippen molar-refractivity contribution in [2.75, 3.05) is 6.61 Å². The molecule has 0 aromatic heterocycles. The van der Waals surface area contributed by atoms with Crippen molar-refractivity contribution >= 4 is 15.9 Å². The summed E-state index contributed by atoms with van der Waals surface area (Å²) < 4.78 is 32.1. The number of ether oxygens (including phenoxy) is 1. The van der Waals surface area contributed by atoms with Crippen molar-refractivity contribution in [3.8, 4) is 5.75 Å². The first-order chi connectivity index (χ1) is 9.52. The summed E-state index contributed by atoms with van der Waals surface area (Å²) in [5, 5.41) is 10.2. The summed E-state index contributed by atoms with van der Waals surface area (Å²) >= 11 is 3.34. The number of hydrogen-bond acceptors (Lipinski definition) is 2. The summed E-state index contributed by atoms with van der Waals surface area (Å²) in [5.74, 6) is -1.26. The summed E-state index contributed by atoms with van der Waals surface area (Å²) in [6.45, 7) is 2.40. The summed E-state index contributed by atoms with van der Waals surface area (Å²) in [6, 6.07) is 8.43. The van der Waals surface area contributed by atoms with Crippen LogP contribution in [0, 0.1) is 11.6 Å². The number of aliphatic hydroxyl groups is 1. The van der Waals surface area contributed by atoms with Crippen LogP contribution in [0.1, 0.15) is 24.2 Å². The summed E-state index contributed by atoms with van der Waals surface area (Å²) in [7, 11) is 0. The summed E-state index contributed by atoms with van der Waals surface area (Å²) in [4.78, 5) is 0. The molecule has 0 spiro atoms. The fourth-order valence-corrected chi connectivity index (χ4v) is 2.35. The molecule has 0 saturated carbocycles. The second kappa shape index (κ2) is 6.33. The summed E-state index contributed by atoms with van der Waals surface area (Å²) in [5.41, 5.74) is 0.853. The number of aliphatic hydroxyl groups excluding tert-OH is 1. The molecule has 0 aliphatic heterocycles. The third-order valence-electron chi connectivity index (χ3n) is 2.83. The van der Waals surface area contributed by atoms with Gasteiger partial charge in [-0.2, -0.15) is 0 Å². The van der Waals surface area contributed by atoms with Gasteiger partial charge in [0.25, 0.3) is 0 Å². The maximum Gasteiger partial charge on any atom is 0.159 e. The van der Waals surface area contributed by atoms with E-state index in [-0.39, 0.29) is 0 Å². The molecule has 0 aliphatic rings. The van der Waals surface area contributed by atoms with E-state index < -0.39 is 17.7 Å². The molecule has 0 radical (unpaired) electrons. The molecule has 0 saturated heterocycles. The molecule has 0 aliphatic carbocycles. The lowest BCUT2D eigenvalue weighted by atomic mass is 10.0. The molecule has 1 unspecified atom stereocenters. The van der Waals surface area contributed by atoms with E-state index in [1.807, 2.05) is 6.92 Å². The van der Waals surface area contributed by atoms with Gasteiger partial charge in [-0.05, 0) is 58.2 Å². The molecule has 5 heteroatoms. The second-order valence-corrected chi connectivity index (χ2v) is 5.05. The maximum absolute atomic E-state index is 13.2. The molecule has 0 heterocycles. The average Bonchev–Trinajstić information content (AvgIpc) is 2.43. The van der Waals surface area contributed by atoms with Gasteiger partial charge in [0.2, 0.25) is 0 Å². The SMILES string of the molecule is CCOc1ccc(C(O)c2ccc(F)c(F)c2)cc1Br. The third kappa shape index (κ3) is 3.16. The zero-order valence-corrected chi connectivity index (χ0v) is 12.3.